The molecule has 0 radical (unpaired) electrons. The predicted molar refractivity (Wildman–Crippen MR) is 82.9 cm³/mol. The van der Waals surface area contributed by atoms with E-state index in [0.717, 1.165) is 24.3 Å². The summed E-state index contributed by atoms with van der Waals surface area (Å²) in [6.45, 7) is 7.78. The average Bonchev–Trinajstić information content (AvgIpc) is 2.47. The first-order valence-corrected chi connectivity index (χ1v) is 7.30. The van der Waals surface area contributed by atoms with Gasteiger partial charge < -0.3 is 14.9 Å². The molecule has 20 heavy (non-hydrogen) atoms. The standard InChI is InChI=1S/C16H26N2O2/c1-5-15(19)13-8-10-14(11-9-13)17(4)12-16(20)18(6-2)7-3/h8-11,15,19H,5-7,12H2,1-4H3/t15-/m1/s1. The van der Waals surface area contributed by atoms with Gasteiger partial charge in [-0.15, -0.1) is 0 Å². The summed E-state index contributed by atoms with van der Waals surface area (Å²) in [5.41, 5.74) is 1.90. The first-order valence-electron chi connectivity index (χ1n) is 7.30. The third-order valence-electron chi connectivity index (χ3n) is 3.59. The van der Waals surface area contributed by atoms with Crippen LogP contribution in [-0.4, -0.2) is 42.6 Å². The van der Waals surface area contributed by atoms with Crippen LogP contribution >= 0.6 is 0 Å². The fourth-order valence-electron chi connectivity index (χ4n) is 2.16. The van der Waals surface area contributed by atoms with Gasteiger partial charge in [-0.3, -0.25) is 4.79 Å². The molecule has 0 saturated carbocycles. The van der Waals surface area contributed by atoms with E-state index < -0.39 is 6.10 Å². The Kier molecular flexibility index (Phi) is 6.52. The van der Waals surface area contributed by atoms with Crippen LogP contribution in [0.5, 0.6) is 0 Å². The van der Waals surface area contributed by atoms with Gasteiger partial charge in [0, 0.05) is 25.8 Å². The molecule has 4 nitrogen and oxygen atoms in total. The summed E-state index contributed by atoms with van der Waals surface area (Å²) in [5, 5.41) is 9.77. The van der Waals surface area contributed by atoms with Crippen molar-refractivity contribution in [2.75, 3.05) is 31.6 Å². The van der Waals surface area contributed by atoms with E-state index >= 15 is 0 Å². The van der Waals surface area contributed by atoms with Crippen molar-refractivity contribution in [3.05, 3.63) is 29.8 Å². The molecule has 0 spiro atoms. The van der Waals surface area contributed by atoms with Crippen LogP contribution in [0.25, 0.3) is 0 Å². The molecule has 0 bridgehead atoms. The van der Waals surface area contributed by atoms with Crippen molar-refractivity contribution in [1.82, 2.24) is 4.90 Å². The Bertz CT molecular complexity index is 413. The highest BCUT2D eigenvalue weighted by Crippen LogP contribution is 2.20. The lowest BCUT2D eigenvalue weighted by Crippen LogP contribution is -2.38. The van der Waals surface area contributed by atoms with Crippen LogP contribution in [0.2, 0.25) is 0 Å². The van der Waals surface area contributed by atoms with Crippen LogP contribution in [0.15, 0.2) is 24.3 Å². The largest absolute Gasteiger partial charge is 0.388 e. The number of aliphatic hydroxyl groups is 1. The maximum absolute atomic E-state index is 12.1. The minimum absolute atomic E-state index is 0.134. The summed E-state index contributed by atoms with van der Waals surface area (Å²) in [7, 11) is 1.91. The first-order chi connectivity index (χ1) is 9.53. The fourth-order valence-corrected chi connectivity index (χ4v) is 2.16. The Labute approximate surface area is 122 Å². The topological polar surface area (TPSA) is 43.8 Å². The second-order valence-corrected chi connectivity index (χ2v) is 4.94. The van der Waals surface area contributed by atoms with Gasteiger partial charge in [0.2, 0.25) is 5.91 Å². The lowest BCUT2D eigenvalue weighted by atomic mass is 10.1. The zero-order valence-corrected chi connectivity index (χ0v) is 13.0. The van der Waals surface area contributed by atoms with Crippen molar-refractivity contribution < 1.29 is 9.90 Å². The number of likely N-dealkylation sites (N-methyl/N-ethyl adjacent to an activating group) is 2. The molecule has 0 fully saturated rings. The van der Waals surface area contributed by atoms with Crippen molar-refractivity contribution >= 4 is 11.6 Å². The Morgan fingerprint density at radius 2 is 1.70 bits per heavy atom. The molecular formula is C16H26N2O2. The number of carbonyl (C=O) groups excluding carboxylic acids is 1. The molecule has 0 aliphatic rings. The number of aliphatic hydroxyl groups excluding tert-OH is 1. The smallest absolute Gasteiger partial charge is 0.242 e. The minimum atomic E-state index is -0.410. The highest BCUT2D eigenvalue weighted by atomic mass is 16.3. The molecule has 1 atom stereocenters. The molecule has 1 N–H and O–H groups in total. The molecule has 0 aliphatic heterocycles. The van der Waals surface area contributed by atoms with Gasteiger partial charge >= 0.3 is 0 Å². The Morgan fingerprint density at radius 3 is 2.15 bits per heavy atom. The van der Waals surface area contributed by atoms with E-state index in [1.54, 1.807) is 0 Å². The van der Waals surface area contributed by atoms with Crippen LogP contribution < -0.4 is 4.90 Å². The maximum Gasteiger partial charge on any atom is 0.242 e. The van der Waals surface area contributed by atoms with Crippen LogP contribution in [-0.2, 0) is 4.79 Å². The summed E-state index contributed by atoms with van der Waals surface area (Å²) in [6, 6.07) is 7.73. The number of amides is 1. The van der Waals surface area contributed by atoms with Crippen LogP contribution in [0.3, 0.4) is 0 Å². The van der Waals surface area contributed by atoms with E-state index in [0.29, 0.717) is 13.0 Å². The molecule has 1 aromatic rings. The normalized spacial score (nSPS) is 12.1. The van der Waals surface area contributed by atoms with Gasteiger partial charge in [-0.05, 0) is 38.0 Å². The van der Waals surface area contributed by atoms with Gasteiger partial charge in [0.15, 0.2) is 0 Å². The Hall–Kier alpha value is -1.55. The van der Waals surface area contributed by atoms with E-state index in [1.165, 1.54) is 0 Å². The van der Waals surface area contributed by atoms with Gasteiger partial charge in [-0.25, -0.2) is 0 Å². The van der Waals surface area contributed by atoms with Gasteiger partial charge in [-0.2, -0.15) is 0 Å². The van der Waals surface area contributed by atoms with Gasteiger partial charge in [0.25, 0.3) is 0 Å². The first kappa shape index (κ1) is 16.5. The molecule has 1 aromatic carbocycles. The molecule has 4 heteroatoms. The zero-order valence-electron chi connectivity index (χ0n) is 13.0. The van der Waals surface area contributed by atoms with E-state index in [9.17, 15) is 9.90 Å². The lowest BCUT2D eigenvalue weighted by molar-refractivity contribution is -0.129. The van der Waals surface area contributed by atoms with Gasteiger partial charge in [0.05, 0.1) is 12.6 Å². The quantitative estimate of drug-likeness (QED) is 0.833. The number of hydrogen-bond donors (Lipinski definition) is 1. The van der Waals surface area contributed by atoms with E-state index in [4.69, 9.17) is 0 Å². The van der Waals surface area contributed by atoms with Gasteiger partial charge in [0.1, 0.15) is 0 Å². The molecular weight excluding hydrogens is 252 g/mol. The van der Waals surface area contributed by atoms with Crippen LogP contribution in [0.4, 0.5) is 5.69 Å². The van der Waals surface area contributed by atoms with Crippen molar-refractivity contribution in [2.45, 2.75) is 33.3 Å². The van der Waals surface area contributed by atoms with Crippen molar-refractivity contribution in [1.29, 1.82) is 0 Å². The van der Waals surface area contributed by atoms with Crippen LogP contribution in [0.1, 0.15) is 38.9 Å². The zero-order chi connectivity index (χ0) is 15.1. The number of rotatable bonds is 7. The monoisotopic (exact) mass is 278 g/mol. The van der Waals surface area contributed by atoms with E-state index in [2.05, 4.69) is 0 Å². The molecule has 0 aromatic heterocycles. The SMILES string of the molecule is CC[C@@H](O)c1ccc(N(C)CC(=O)N(CC)CC)cc1. The van der Waals surface area contributed by atoms with E-state index in [1.807, 2.05) is 61.9 Å². The summed E-state index contributed by atoms with van der Waals surface area (Å²) in [6.07, 6.45) is 0.294. The maximum atomic E-state index is 12.1. The number of carbonyl (C=O) groups is 1. The summed E-state index contributed by atoms with van der Waals surface area (Å²) < 4.78 is 0. The fraction of sp³-hybridized carbons (Fsp3) is 0.562. The molecule has 0 heterocycles. The van der Waals surface area contributed by atoms with Crippen LogP contribution in [0, 0.1) is 0 Å². The predicted octanol–water partition coefficient (Wildman–Crippen LogP) is 2.43. The second kappa shape index (κ2) is 7.90. The summed E-state index contributed by atoms with van der Waals surface area (Å²) in [4.78, 5) is 15.8. The molecule has 0 aliphatic carbocycles. The number of nitrogens with zero attached hydrogens (tertiary/aromatic N) is 2. The molecule has 1 rings (SSSR count). The summed E-state index contributed by atoms with van der Waals surface area (Å²) in [5.74, 6) is 0.134. The minimum Gasteiger partial charge on any atom is -0.388 e. The number of benzene rings is 1. The lowest BCUT2D eigenvalue weighted by Gasteiger charge is -2.24. The van der Waals surface area contributed by atoms with Crippen molar-refractivity contribution in [3.63, 3.8) is 0 Å². The molecule has 0 unspecified atom stereocenters. The van der Waals surface area contributed by atoms with E-state index in [-0.39, 0.29) is 5.91 Å². The highest BCUT2D eigenvalue weighted by Gasteiger charge is 2.13. The molecule has 1 amide bonds. The molecule has 112 valence electrons. The Balaban J connectivity index is 2.68. The third kappa shape index (κ3) is 4.23. The van der Waals surface area contributed by atoms with Crippen molar-refractivity contribution in [2.24, 2.45) is 0 Å². The average molecular weight is 278 g/mol. The number of hydrogen-bond acceptors (Lipinski definition) is 3. The highest BCUT2D eigenvalue weighted by molar-refractivity contribution is 5.81. The van der Waals surface area contributed by atoms with Gasteiger partial charge in [-0.1, -0.05) is 19.1 Å². The Morgan fingerprint density at radius 1 is 1.15 bits per heavy atom. The second-order valence-electron chi connectivity index (χ2n) is 4.94. The number of anilines is 1. The van der Waals surface area contributed by atoms with Crippen molar-refractivity contribution in [3.8, 4) is 0 Å². The summed E-state index contributed by atoms with van der Waals surface area (Å²) >= 11 is 0. The third-order valence-corrected chi connectivity index (χ3v) is 3.59. The molecule has 0 saturated heterocycles.